The second-order valence-corrected chi connectivity index (χ2v) is 36.1. The number of rotatable bonds is 29. The van der Waals surface area contributed by atoms with Gasteiger partial charge >= 0.3 is 0 Å². The summed E-state index contributed by atoms with van der Waals surface area (Å²) in [5, 5.41) is 36.5. The van der Waals surface area contributed by atoms with Gasteiger partial charge in [-0.2, -0.15) is 0 Å². The number of unbranched alkanes of at least 4 members (excludes halogenated alkanes) is 3. The Morgan fingerprint density at radius 3 is 1.72 bits per heavy atom. The lowest BCUT2D eigenvalue weighted by molar-refractivity contribution is -0.149. The van der Waals surface area contributed by atoms with E-state index in [1.807, 2.05) is 50.2 Å². The van der Waals surface area contributed by atoms with E-state index >= 15 is 28.8 Å². The molecule has 135 heavy (non-hydrogen) atoms. The number of aromatic amines is 3. The fourth-order valence-electron chi connectivity index (χ4n) is 16.6. The Hall–Kier alpha value is -13.3. The molecular formula is C93H134N24O17S. The predicted molar refractivity (Wildman–Crippen MR) is 507 cm³/mol. The third kappa shape index (κ3) is 32.0. The molecule has 0 unspecified atom stereocenters. The number of benzene rings is 3. The Kier molecular flexibility index (Phi) is 42.0. The number of fused-ring (bicyclic) bond motifs is 3. The monoisotopic (exact) mass is 1890 g/mol. The van der Waals surface area contributed by atoms with Crippen LogP contribution in [0.25, 0.3) is 21.8 Å². The molecule has 2 aliphatic rings. The van der Waals surface area contributed by atoms with Crippen LogP contribution in [-0.4, -0.2) is 296 Å². The number of amides is 16. The minimum atomic E-state index is -1.73. The van der Waals surface area contributed by atoms with E-state index in [4.69, 9.17) is 28.3 Å². The van der Waals surface area contributed by atoms with Gasteiger partial charge < -0.3 is 116 Å². The Labute approximate surface area is 789 Å². The van der Waals surface area contributed by atoms with Crippen molar-refractivity contribution in [2.24, 2.45) is 34.8 Å². The molecule has 0 bridgehead atoms. The number of nitrogens with zero attached hydrogens (tertiary/aromatic N) is 6. The van der Waals surface area contributed by atoms with Gasteiger partial charge in [-0.15, -0.1) is 11.8 Å². The molecule has 0 radical (unpaired) electrons. The van der Waals surface area contributed by atoms with E-state index in [1.165, 1.54) is 57.4 Å². The maximum absolute atomic E-state index is 15.9. The van der Waals surface area contributed by atoms with Gasteiger partial charge in [-0.1, -0.05) is 120 Å². The van der Waals surface area contributed by atoms with E-state index in [0.29, 0.717) is 65.4 Å². The molecule has 2 saturated heterocycles. The number of carbonyl (C=O) groups excluding carboxylic acids is 17. The van der Waals surface area contributed by atoms with Gasteiger partial charge in [0, 0.05) is 125 Å². The molecule has 41 nitrogen and oxygen atoms in total. The van der Waals surface area contributed by atoms with Crippen molar-refractivity contribution in [2.45, 2.75) is 236 Å². The summed E-state index contributed by atoms with van der Waals surface area (Å²) in [6.45, 7) is 7.49. The van der Waals surface area contributed by atoms with E-state index in [0.717, 1.165) is 37.4 Å². The third-order valence-electron chi connectivity index (χ3n) is 24.2. The molecule has 0 spiro atoms. The largest absolute Gasteiger partial charge is 0.370 e. The maximum atomic E-state index is 15.9. The summed E-state index contributed by atoms with van der Waals surface area (Å²) >= 11 is 0.806. The highest BCUT2D eigenvalue weighted by atomic mass is 32.2. The van der Waals surface area contributed by atoms with Crippen molar-refractivity contribution in [3.8, 4) is 0 Å². The summed E-state index contributed by atoms with van der Waals surface area (Å²) in [5.74, 6) is -17.1. The minimum absolute atomic E-state index is 0.0121. The summed E-state index contributed by atoms with van der Waals surface area (Å²) < 4.78 is 0. The van der Waals surface area contributed by atoms with Crippen molar-refractivity contribution < 1.29 is 81.5 Å². The standard InChI is InChI=1S/C93H134N24O17S/c1-10-12-33-74-86(128)107-67(32-23-37-100-93(97)98)84(126)112-73(82(124)103-49-78(96)120)51-135-52-79(121)105-70(40-56-25-15-14-16-26-56)89(131)114(7)55(5)80(122)109-72(45-77(95)119)91(133)117-38-24-35-75(117)87(129)108-68(44-60-48-99-53-104-60)85(127)110-69(39-54(3)4)88(130)113(6)50-61(118)42-57(41-58-46-101-64-29-19-17-27-62(58)64)81(123)106-66(31-21-22-36-94)83(125)111-71(43-59-47-102-65-30-20-18-28-63(59)65)90(132)116(9)76(34-13-11-2)92(134)115(74)8/h14-20,25-30,46-48,53-55,57,66-76,101-102H,10-13,21-24,31-45,49-52,94H2,1-9H3,(H2,95,119)(H2,96,120)(H,99,104)(H,103,124)(H,105,121)(H,106,123)(H,107,128)(H,108,129)(H,109,122)(H,110,127)(H,111,125)(H,112,126)(H4,97,98,100)/t55-,57+,66-,67-,68-,69-,70-,71-,72-,73-,74-,75-,76-/m0/s1. The zero-order valence-electron chi connectivity index (χ0n) is 78.3. The van der Waals surface area contributed by atoms with E-state index < -0.39 is 222 Å². The third-order valence-corrected chi connectivity index (χ3v) is 25.2. The van der Waals surface area contributed by atoms with Crippen LogP contribution in [0, 0.1) is 17.2 Å². The first-order valence-electron chi connectivity index (χ1n) is 46.0. The first-order chi connectivity index (χ1) is 64.4. The first kappa shape index (κ1) is 107. The topological polar surface area (TPSA) is 615 Å². The lowest BCUT2D eigenvalue weighted by Crippen LogP contribution is -2.60. The average Bonchev–Trinajstić information content (AvgIpc) is 1.76. The van der Waals surface area contributed by atoms with Crippen LogP contribution >= 0.6 is 11.8 Å². The molecule has 13 atom stereocenters. The lowest BCUT2D eigenvalue weighted by Gasteiger charge is -2.36. The SMILES string of the molecule is CCCC[C@H]1C(=O)N(C)[C@@H](CCCC)C(=O)N[C@@H](CCCNC(=N)N)C(=O)N[C@H](C(=O)NCC(N)=O)CSCC(=O)N[C@@H](Cc2ccccc2)C(=O)N(C)[C@@H](C)C(=O)N[C@@H](CC(N)=O)C(=O)N2CCC[C@H]2C(=O)N[C@@H](Cc2cnc[nH]2)C(=O)N[C@@H](CC(C)C)C(=O)N(C)CC(=O)C[C@@H](Cc2c[nH]c3ccccc23)C(=O)N[C@@H](CCCCN)C(=O)N[C@@H](Cc2c[nH]c3ccccc23)C(=O)N1C. The van der Waals surface area contributed by atoms with Crippen molar-refractivity contribution in [3.05, 3.63) is 126 Å². The van der Waals surface area contributed by atoms with E-state index in [1.54, 1.807) is 68.7 Å². The number of ketones is 1. The van der Waals surface area contributed by atoms with Crippen molar-refractivity contribution in [1.82, 2.24) is 97.6 Å². The second-order valence-electron chi connectivity index (χ2n) is 35.1. The molecule has 2 fully saturated rings. The van der Waals surface area contributed by atoms with Crippen molar-refractivity contribution in [3.63, 3.8) is 0 Å². The number of thioether (sulfide) groups is 1. The van der Waals surface area contributed by atoms with Gasteiger partial charge in [-0.05, 0) is 119 Å². The number of imidazole rings is 1. The number of nitrogens with two attached hydrogens (primary N) is 4. The molecule has 22 N–H and O–H groups in total. The average molecular weight is 1890 g/mol. The Morgan fingerprint density at radius 2 is 1.10 bits per heavy atom. The molecule has 6 aromatic rings. The molecule has 734 valence electrons. The highest BCUT2D eigenvalue weighted by Gasteiger charge is 2.44. The van der Waals surface area contributed by atoms with Gasteiger partial charge in [0.15, 0.2) is 11.7 Å². The number of para-hydroxylation sites is 2. The normalized spacial score (nSPS) is 23.3. The molecule has 0 saturated carbocycles. The van der Waals surface area contributed by atoms with Crippen LogP contribution in [0.15, 0.2) is 104 Å². The highest BCUT2D eigenvalue weighted by molar-refractivity contribution is 8.00. The summed E-state index contributed by atoms with van der Waals surface area (Å²) in [6.07, 6.45) is 6.87. The summed E-state index contributed by atoms with van der Waals surface area (Å²) in [7, 11) is 5.42. The van der Waals surface area contributed by atoms with Gasteiger partial charge in [0.05, 0.1) is 31.6 Å². The number of likely N-dealkylation sites (N-methyl/N-ethyl adjacent to an activating group) is 4. The molecule has 3 aromatic heterocycles. The Morgan fingerprint density at radius 1 is 0.541 bits per heavy atom. The van der Waals surface area contributed by atoms with Crippen LogP contribution in [0.3, 0.4) is 0 Å². The summed E-state index contributed by atoms with van der Waals surface area (Å²) in [6, 6.07) is 5.63. The van der Waals surface area contributed by atoms with E-state index in [2.05, 4.69) is 73.1 Å². The molecule has 8 rings (SSSR count). The number of hydrogen-bond acceptors (Lipinski definition) is 21. The fraction of sp³-hybridized carbons (Fsp3) is 0.538. The molecule has 42 heteroatoms. The zero-order valence-corrected chi connectivity index (χ0v) is 79.1. The fourth-order valence-corrected chi connectivity index (χ4v) is 17.5. The van der Waals surface area contributed by atoms with Crippen molar-refractivity contribution in [2.75, 3.05) is 72.4 Å². The Balaban J connectivity index is 1.20. The van der Waals surface area contributed by atoms with Crippen LogP contribution in [0.1, 0.15) is 160 Å². The van der Waals surface area contributed by atoms with Gasteiger partial charge in [0.2, 0.25) is 94.5 Å². The van der Waals surface area contributed by atoms with E-state index in [9.17, 15) is 52.7 Å². The molecule has 3 aromatic carbocycles. The van der Waals surface area contributed by atoms with Gasteiger partial charge in [-0.25, -0.2) is 4.98 Å². The minimum Gasteiger partial charge on any atom is -0.370 e. The number of aromatic nitrogens is 4. The zero-order chi connectivity index (χ0) is 98.7. The smallest absolute Gasteiger partial charge is 0.246 e. The quantitative estimate of drug-likeness (QED) is 0.0168. The highest BCUT2D eigenvalue weighted by Crippen LogP contribution is 2.28. The van der Waals surface area contributed by atoms with Gasteiger partial charge in [-0.3, -0.25) is 86.9 Å². The first-order valence-corrected chi connectivity index (χ1v) is 47.2. The maximum Gasteiger partial charge on any atom is 0.246 e. The van der Waals surface area contributed by atoms with Gasteiger partial charge in [0.25, 0.3) is 0 Å². The second kappa shape index (κ2) is 53.0. The number of H-pyrrole nitrogens is 3. The van der Waals surface area contributed by atoms with Gasteiger partial charge in [0.1, 0.15) is 72.5 Å². The number of carbonyl (C=O) groups is 17. The molecule has 16 amide bonds. The molecule has 5 heterocycles. The van der Waals surface area contributed by atoms with E-state index in [-0.39, 0.29) is 109 Å². The molecule has 2 aliphatic heterocycles. The lowest BCUT2D eigenvalue weighted by atomic mass is 9.92. The molecule has 0 aliphatic carbocycles. The predicted octanol–water partition coefficient (Wildman–Crippen LogP) is 0.0895. The number of Topliss-reactive ketones (excluding diaryl/α,β-unsaturated/α-hetero) is 1. The van der Waals surface area contributed by atoms with Crippen molar-refractivity contribution in [1.29, 1.82) is 5.41 Å². The summed E-state index contributed by atoms with van der Waals surface area (Å²) in [5.41, 5.74) is 26.5. The summed E-state index contributed by atoms with van der Waals surface area (Å²) in [4.78, 5) is 270. The van der Waals surface area contributed by atoms with Crippen LogP contribution in [0.5, 0.6) is 0 Å². The number of hydrogen-bond donors (Lipinski definition) is 18. The van der Waals surface area contributed by atoms with Crippen LogP contribution in [0.4, 0.5) is 0 Å². The van der Waals surface area contributed by atoms with Crippen molar-refractivity contribution >= 4 is 140 Å². The number of nitrogens with one attached hydrogen (secondary N) is 14. The number of guanidine groups is 1. The van der Waals surface area contributed by atoms with Crippen LogP contribution in [0.2, 0.25) is 0 Å². The van der Waals surface area contributed by atoms with Crippen LogP contribution < -0.4 is 76.1 Å². The molecular weight excluding hydrogens is 1760 g/mol. The Bertz CT molecular complexity index is 5110. The number of primary amides is 2. The van der Waals surface area contributed by atoms with Crippen LogP contribution in [-0.2, 0) is 107 Å².